The third-order valence-electron chi connectivity index (χ3n) is 2.33. The molecule has 0 bridgehead atoms. The van der Waals surface area contributed by atoms with Crippen molar-refractivity contribution < 1.29 is 17.2 Å². The second kappa shape index (κ2) is 4.89. The number of sulfonamides is 1. The lowest BCUT2D eigenvalue weighted by atomic mass is 10.3. The summed E-state index contributed by atoms with van der Waals surface area (Å²) in [5, 5.41) is 6.04. The number of nitrogens with one attached hydrogen (secondary N) is 2. The minimum Gasteiger partial charge on any atom is -0.281 e. The summed E-state index contributed by atoms with van der Waals surface area (Å²) in [7, 11) is -3.98. The van der Waals surface area contributed by atoms with E-state index >= 15 is 0 Å². The van der Waals surface area contributed by atoms with Crippen molar-refractivity contribution in [1.29, 1.82) is 0 Å². The summed E-state index contributed by atoms with van der Waals surface area (Å²) < 4.78 is 52.5. The molecule has 1 aromatic heterocycles. The molecule has 19 heavy (non-hydrogen) atoms. The fourth-order valence-corrected chi connectivity index (χ4v) is 2.95. The summed E-state index contributed by atoms with van der Waals surface area (Å²) in [5.74, 6) is -1.83. The van der Waals surface area contributed by atoms with Crippen molar-refractivity contribution in [3.05, 3.63) is 40.1 Å². The van der Waals surface area contributed by atoms with E-state index < -0.39 is 21.7 Å². The Morgan fingerprint density at radius 2 is 2.00 bits per heavy atom. The highest BCUT2D eigenvalue weighted by molar-refractivity contribution is 9.10. The van der Waals surface area contributed by atoms with Crippen molar-refractivity contribution >= 4 is 31.6 Å². The number of aromatic nitrogens is 2. The average Bonchev–Trinajstić information content (AvgIpc) is 2.73. The minimum absolute atomic E-state index is 0.0458. The Bertz CT molecular complexity index is 730. The van der Waals surface area contributed by atoms with Gasteiger partial charge in [-0.25, -0.2) is 17.2 Å². The van der Waals surface area contributed by atoms with E-state index in [1.807, 2.05) is 4.72 Å². The van der Waals surface area contributed by atoms with Crippen LogP contribution in [0.3, 0.4) is 0 Å². The van der Waals surface area contributed by atoms with Gasteiger partial charge in [0.1, 0.15) is 16.5 Å². The second-order valence-corrected chi connectivity index (χ2v) is 6.22. The molecule has 0 saturated carbocycles. The van der Waals surface area contributed by atoms with E-state index in [2.05, 4.69) is 26.1 Å². The van der Waals surface area contributed by atoms with Gasteiger partial charge in [-0.05, 0) is 28.9 Å². The number of H-pyrrole nitrogens is 1. The van der Waals surface area contributed by atoms with Crippen molar-refractivity contribution in [2.75, 3.05) is 4.72 Å². The van der Waals surface area contributed by atoms with Gasteiger partial charge in [0.15, 0.2) is 0 Å². The minimum atomic E-state index is -3.98. The Morgan fingerprint density at radius 3 is 2.58 bits per heavy atom. The second-order valence-electron chi connectivity index (χ2n) is 3.71. The first-order valence-corrected chi connectivity index (χ1v) is 7.26. The summed E-state index contributed by atoms with van der Waals surface area (Å²) in [5.41, 5.74) is -0.0389. The number of aromatic amines is 1. The molecule has 0 fully saturated rings. The molecule has 9 heteroatoms. The van der Waals surface area contributed by atoms with E-state index in [1.54, 1.807) is 0 Å². The van der Waals surface area contributed by atoms with Crippen LogP contribution in [0.5, 0.6) is 0 Å². The van der Waals surface area contributed by atoms with E-state index in [0.717, 1.165) is 12.3 Å². The van der Waals surface area contributed by atoms with Crippen molar-refractivity contribution in [3.8, 4) is 0 Å². The summed E-state index contributed by atoms with van der Waals surface area (Å²) in [4.78, 5) is -0.104. The van der Waals surface area contributed by atoms with Crippen LogP contribution < -0.4 is 4.72 Å². The Kier molecular flexibility index (Phi) is 3.59. The molecule has 0 amide bonds. The lowest BCUT2D eigenvalue weighted by Gasteiger charge is -2.09. The molecule has 5 nitrogen and oxygen atoms in total. The first-order valence-electron chi connectivity index (χ1n) is 4.98. The molecule has 2 N–H and O–H groups in total. The van der Waals surface area contributed by atoms with Gasteiger partial charge in [0.05, 0.1) is 22.1 Å². The number of hydrogen-bond acceptors (Lipinski definition) is 3. The molecule has 1 aromatic carbocycles. The molecule has 2 rings (SSSR count). The molecule has 0 radical (unpaired) electrons. The number of halogens is 3. The summed E-state index contributed by atoms with van der Waals surface area (Å²) in [6.07, 6.45) is 1.11. The molecule has 0 aliphatic rings. The van der Waals surface area contributed by atoms with Gasteiger partial charge in [-0.15, -0.1) is 0 Å². The van der Waals surface area contributed by atoms with Crippen LogP contribution in [0.25, 0.3) is 0 Å². The lowest BCUT2D eigenvalue weighted by molar-refractivity contribution is 0.579. The van der Waals surface area contributed by atoms with Crippen LogP contribution in [-0.4, -0.2) is 18.6 Å². The van der Waals surface area contributed by atoms with E-state index in [9.17, 15) is 17.2 Å². The molecule has 102 valence electrons. The van der Waals surface area contributed by atoms with Gasteiger partial charge < -0.3 is 0 Å². The summed E-state index contributed by atoms with van der Waals surface area (Å²) >= 11 is 2.86. The van der Waals surface area contributed by atoms with Gasteiger partial charge >= 0.3 is 0 Å². The zero-order valence-corrected chi connectivity index (χ0v) is 11.9. The smallest absolute Gasteiger partial charge is 0.265 e. The highest BCUT2D eigenvalue weighted by Gasteiger charge is 2.21. The van der Waals surface area contributed by atoms with E-state index in [1.165, 1.54) is 6.92 Å². The molecule has 0 aliphatic heterocycles. The van der Waals surface area contributed by atoms with Crippen molar-refractivity contribution in [2.24, 2.45) is 0 Å². The molecule has 2 aromatic rings. The first-order chi connectivity index (χ1) is 8.81. The van der Waals surface area contributed by atoms with E-state index in [0.29, 0.717) is 11.8 Å². The fourth-order valence-electron chi connectivity index (χ4n) is 1.41. The van der Waals surface area contributed by atoms with E-state index in [4.69, 9.17) is 0 Å². The van der Waals surface area contributed by atoms with Crippen LogP contribution in [-0.2, 0) is 10.0 Å². The number of benzene rings is 1. The lowest BCUT2D eigenvalue weighted by Crippen LogP contribution is -2.14. The number of hydrogen-bond donors (Lipinski definition) is 2. The highest BCUT2D eigenvalue weighted by atomic mass is 79.9. The molecule has 0 spiro atoms. The average molecular weight is 352 g/mol. The van der Waals surface area contributed by atoms with Gasteiger partial charge in [0.25, 0.3) is 10.0 Å². The maximum Gasteiger partial charge on any atom is 0.265 e. The van der Waals surface area contributed by atoms with Crippen LogP contribution >= 0.6 is 15.9 Å². The van der Waals surface area contributed by atoms with Crippen LogP contribution in [0.2, 0.25) is 0 Å². The van der Waals surface area contributed by atoms with Crippen LogP contribution in [0, 0.1) is 18.6 Å². The Hall–Kier alpha value is -1.48. The van der Waals surface area contributed by atoms with Gasteiger partial charge in [-0.2, -0.15) is 5.10 Å². The van der Waals surface area contributed by atoms with Gasteiger partial charge in [-0.1, -0.05) is 0 Å². The Morgan fingerprint density at radius 1 is 1.32 bits per heavy atom. The molecular weight excluding hydrogens is 344 g/mol. The largest absolute Gasteiger partial charge is 0.281 e. The third-order valence-corrected chi connectivity index (χ3v) is 4.41. The summed E-state index contributed by atoms with van der Waals surface area (Å²) in [6.45, 7) is 1.51. The molecule has 1 heterocycles. The number of anilines is 1. The van der Waals surface area contributed by atoms with Gasteiger partial charge in [-0.3, -0.25) is 9.82 Å². The van der Waals surface area contributed by atoms with Crippen molar-refractivity contribution in [1.82, 2.24) is 10.2 Å². The normalized spacial score (nSPS) is 11.6. The molecule has 0 aliphatic carbocycles. The molecule has 0 atom stereocenters. The SMILES string of the molecule is Cc1[nH]ncc1S(=O)(=O)Nc1cc(Br)c(F)cc1F. The molecular formula is C10H8BrF2N3O2S. The zero-order chi connectivity index (χ0) is 14.2. The topological polar surface area (TPSA) is 74.8 Å². The zero-order valence-electron chi connectivity index (χ0n) is 9.54. The predicted octanol–water partition coefficient (Wildman–Crippen LogP) is 2.56. The highest BCUT2D eigenvalue weighted by Crippen LogP contribution is 2.26. The van der Waals surface area contributed by atoms with Crippen molar-refractivity contribution in [2.45, 2.75) is 11.8 Å². The third kappa shape index (κ3) is 2.76. The molecule has 0 unspecified atom stereocenters. The van der Waals surface area contributed by atoms with Crippen molar-refractivity contribution in [3.63, 3.8) is 0 Å². The number of rotatable bonds is 3. The van der Waals surface area contributed by atoms with Gasteiger partial charge in [0, 0.05) is 6.07 Å². The maximum atomic E-state index is 13.5. The predicted molar refractivity (Wildman–Crippen MR) is 68.2 cm³/mol. The Balaban J connectivity index is 2.42. The van der Waals surface area contributed by atoms with E-state index in [-0.39, 0.29) is 15.1 Å². The van der Waals surface area contributed by atoms with Crippen LogP contribution in [0.15, 0.2) is 27.7 Å². The number of nitrogens with zero attached hydrogens (tertiary/aromatic N) is 1. The van der Waals surface area contributed by atoms with Gasteiger partial charge in [0.2, 0.25) is 0 Å². The summed E-state index contributed by atoms with van der Waals surface area (Å²) in [6, 6.07) is 1.60. The maximum absolute atomic E-state index is 13.5. The Labute approximate surface area is 116 Å². The van der Waals surface area contributed by atoms with Crippen LogP contribution in [0.1, 0.15) is 5.69 Å². The number of aryl methyl sites for hydroxylation is 1. The first kappa shape index (κ1) is 13.9. The monoisotopic (exact) mass is 351 g/mol. The van der Waals surface area contributed by atoms with Crippen LogP contribution in [0.4, 0.5) is 14.5 Å². The quantitative estimate of drug-likeness (QED) is 0.834. The fraction of sp³-hybridized carbons (Fsp3) is 0.100. The molecule has 0 saturated heterocycles. The standard InChI is InChI=1S/C10H8BrF2N3O2S/c1-5-10(4-14-15-5)19(17,18)16-9-2-6(11)7(12)3-8(9)13/h2-4,16H,1H3,(H,14,15).